The van der Waals surface area contributed by atoms with Crippen LogP contribution in [0.25, 0.3) is 0 Å². The molecule has 0 unspecified atom stereocenters. The Labute approximate surface area is 203 Å². The van der Waals surface area contributed by atoms with E-state index in [4.69, 9.17) is 4.74 Å². The lowest BCUT2D eigenvalue weighted by molar-refractivity contribution is -0.152. The van der Waals surface area contributed by atoms with Crippen molar-refractivity contribution < 1.29 is 28.7 Å². The second-order valence-corrected chi connectivity index (χ2v) is 8.68. The lowest BCUT2D eigenvalue weighted by Crippen LogP contribution is -2.49. The van der Waals surface area contributed by atoms with Gasteiger partial charge < -0.3 is 15.0 Å². The molecule has 9 nitrogen and oxygen atoms in total. The van der Waals surface area contributed by atoms with E-state index < -0.39 is 36.3 Å². The Kier molecular flexibility index (Phi) is 6.95. The van der Waals surface area contributed by atoms with Crippen molar-refractivity contribution in [2.45, 2.75) is 39.2 Å². The van der Waals surface area contributed by atoms with Gasteiger partial charge in [0.1, 0.15) is 6.04 Å². The third-order valence-electron chi connectivity index (χ3n) is 6.42. The van der Waals surface area contributed by atoms with Crippen molar-refractivity contribution in [1.29, 1.82) is 0 Å². The molecule has 2 aliphatic rings. The number of ether oxygens (including phenoxy) is 1. The Morgan fingerprint density at radius 2 is 1.63 bits per heavy atom. The van der Waals surface area contributed by atoms with Crippen molar-refractivity contribution in [3.8, 4) is 0 Å². The van der Waals surface area contributed by atoms with E-state index in [-0.39, 0.29) is 23.0 Å². The number of esters is 1. The number of para-hydroxylation sites is 2. The minimum Gasteiger partial charge on any atom is -0.454 e. The van der Waals surface area contributed by atoms with E-state index in [0.29, 0.717) is 30.8 Å². The van der Waals surface area contributed by atoms with Gasteiger partial charge in [0.2, 0.25) is 5.91 Å². The van der Waals surface area contributed by atoms with Crippen molar-refractivity contribution in [2.24, 2.45) is 5.92 Å². The molecule has 182 valence electrons. The molecule has 2 atom stereocenters. The molecule has 1 fully saturated rings. The zero-order valence-corrected chi connectivity index (χ0v) is 19.7. The van der Waals surface area contributed by atoms with E-state index in [1.807, 2.05) is 6.92 Å². The van der Waals surface area contributed by atoms with Crippen LogP contribution in [0.4, 0.5) is 11.4 Å². The van der Waals surface area contributed by atoms with Gasteiger partial charge >= 0.3 is 5.97 Å². The van der Waals surface area contributed by atoms with Gasteiger partial charge in [0.25, 0.3) is 17.7 Å². The number of carbonyl (C=O) groups excluding carboxylic acids is 5. The fourth-order valence-electron chi connectivity index (χ4n) is 4.40. The van der Waals surface area contributed by atoms with Crippen molar-refractivity contribution >= 4 is 41.0 Å². The number of nitrogens with one attached hydrogen (secondary N) is 1. The van der Waals surface area contributed by atoms with Crippen LogP contribution in [0, 0.1) is 5.92 Å². The molecule has 2 heterocycles. The van der Waals surface area contributed by atoms with Crippen molar-refractivity contribution in [2.75, 3.05) is 23.4 Å². The largest absolute Gasteiger partial charge is 0.454 e. The number of hydrogen-bond donors (Lipinski definition) is 1. The molecule has 1 N–H and O–H groups in total. The average molecular weight is 478 g/mol. The first-order valence-electron chi connectivity index (χ1n) is 11.7. The van der Waals surface area contributed by atoms with Gasteiger partial charge in [-0.05, 0) is 36.6 Å². The molecule has 0 bridgehead atoms. The van der Waals surface area contributed by atoms with Crippen LogP contribution in [0.15, 0.2) is 48.5 Å². The fourth-order valence-corrected chi connectivity index (χ4v) is 4.40. The number of amides is 4. The number of fused-ring (bicyclic) bond motifs is 1. The van der Waals surface area contributed by atoms with Gasteiger partial charge in [0.15, 0.2) is 6.61 Å². The molecule has 0 spiro atoms. The summed E-state index contributed by atoms with van der Waals surface area (Å²) < 4.78 is 5.28. The summed E-state index contributed by atoms with van der Waals surface area (Å²) in [5.41, 5.74) is 1.50. The van der Waals surface area contributed by atoms with Crippen molar-refractivity contribution in [1.82, 2.24) is 4.90 Å². The lowest BCUT2D eigenvalue weighted by atomic mass is 9.97. The zero-order chi connectivity index (χ0) is 25.1. The molecule has 35 heavy (non-hydrogen) atoms. The summed E-state index contributed by atoms with van der Waals surface area (Å²) >= 11 is 0. The Morgan fingerprint density at radius 1 is 1.00 bits per heavy atom. The highest BCUT2D eigenvalue weighted by Gasteiger charge is 2.45. The first-order chi connectivity index (χ1) is 16.8. The Hall–Kier alpha value is -4.01. The van der Waals surface area contributed by atoms with Gasteiger partial charge in [-0.25, -0.2) is 4.79 Å². The monoisotopic (exact) mass is 477 g/mol. The van der Waals surface area contributed by atoms with Crippen molar-refractivity contribution in [3.63, 3.8) is 0 Å². The standard InChI is InChI=1S/C26H27N3O6/c1-3-16(2)23(29-24(32)17-9-4-5-10-18(17)25(29)33)26(34)35-15-21(30)27-19-11-6-7-12-20(19)28-14-8-13-22(28)31/h4-7,9-12,16,23H,3,8,13-15H2,1-2H3,(H,27,30)/t16-,23-/m0/s1. The number of benzene rings is 2. The molecule has 2 aromatic carbocycles. The van der Waals surface area contributed by atoms with E-state index in [1.54, 1.807) is 60.4 Å². The highest BCUT2D eigenvalue weighted by molar-refractivity contribution is 6.22. The van der Waals surface area contributed by atoms with Gasteiger partial charge in [-0.2, -0.15) is 0 Å². The molecule has 9 heteroatoms. The van der Waals surface area contributed by atoms with Crippen LogP contribution in [0.5, 0.6) is 0 Å². The summed E-state index contributed by atoms with van der Waals surface area (Å²) in [5, 5.41) is 2.69. The fraction of sp³-hybridized carbons (Fsp3) is 0.346. The van der Waals surface area contributed by atoms with E-state index in [1.165, 1.54) is 0 Å². The smallest absolute Gasteiger partial charge is 0.330 e. The summed E-state index contributed by atoms with van der Waals surface area (Å²) in [6.07, 6.45) is 1.71. The molecule has 4 rings (SSSR count). The minimum absolute atomic E-state index is 0.0181. The number of carbonyl (C=O) groups is 5. The first kappa shape index (κ1) is 24.1. The molecule has 4 amide bonds. The summed E-state index contributed by atoms with van der Waals surface area (Å²) in [5.74, 6) is -2.93. The van der Waals surface area contributed by atoms with Crippen molar-refractivity contribution in [3.05, 3.63) is 59.7 Å². The maximum absolute atomic E-state index is 13.0. The van der Waals surface area contributed by atoms with Crippen LogP contribution < -0.4 is 10.2 Å². The topological polar surface area (TPSA) is 113 Å². The van der Waals surface area contributed by atoms with Crippen LogP contribution in [-0.2, 0) is 19.1 Å². The maximum atomic E-state index is 13.0. The van der Waals surface area contributed by atoms with Gasteiger partial charge in [0, 0.05) is 13.0 Å². The summed E-state index contributed by atoms with van der Waals surface area (Å²) in [4.78, 5) is 66.2. The summed E-state index contributed by atoms with van der Waals surface area (Å²) in [6, 6.07) is 12.2. The van der Waals surface area contributed by atoms with Crippen LogP contribution in [0.1, 0.15) is 53.8 Å². The molecule has 2 aromatic rings. The molecule has 1 saturated heterocycles. The summed E-state index contributed by atoms with van der Waals surface area (Å²) in [6.45, 7) is 3.56. The minimum atomic E-state index is -1.16. The van der Waals surface area contributed by atoms with Crippen LogP contribution in [-0.4, -0.2) is 53.7 Å². The van der Waals surface area contributed by atoms with E-state index in [0.717, 1.165) is 11.3 Å². The number of hydrogen-bond acceptors (Lipinski definition) is 6. The normalized spacial score (nSPS) is 16.8. The Balaban J connectivity index is 1.45. The number of imide groups is 1. The third kappa shape index (κ3) is 4.66. The zero-order valence-electron chi connectivity index (χ0n) is 19.7. The highest BCUT2D eigenvalue weighted by atomic mass is 16.5. The quantitative estimate of drug-likeness (QED) is 0.462. The molecule has 0 radical (unpaired) electrons. The maximum Gasteiger partial charge on any atom is 0.330 e. The van der Waals surface area contributed by atoms with E-state index in [9.17, 15) is 24.0 Å². The molecular formula is C26H27N3O6. The predicted octanol–water partition coefficient (Wildman–Crippen LogP) is 3.01. The summed E-state index contributed by atoms with van der Waals surface area (Å²) in [7, 11) is 0. The SMILES string of the molecule is CC[C@H](C)[C@@H](C(=O)OCC(=O)Nc1ccccc1N1CCCC1=O)N1C(=O)c2ccccc2C1=O. The third-order valence-corrected chi connectivity index (χ3v) is 6.42. The first-order valence-corrected chi connectivity index (χ1v) is 11.7. The van der Waals surface area contributed by atoms with Gasteiger partial charge in [-0.15, -0.1) is 0 Å². The highest BCUT2D eigenvalue weighted by Crippen LogP contribution is 2.30. The van der Waals surface area contributed by atoms with Gasteiger partial charge in [0.05, 0.1) is 22.5 Å². The Bertz CT molecular complexity index is 1160. The number of anilines is 2. The second-order valence-electron chi connectivity index (χ2n) is 8.68. The van der Waals surface area contributed by atoms with Gasteiger partial charge in [-0.3, -0.25) is 24.1 Å². The number of nitrogens with zero attached hydrogens (tertiary/aromatic N) is 2. The average Bonchev–Trinajstić information content (AvgIpc) is 3.40. The second kappa shape index (κ2) is 10.1. The molecule has 0 saturated carbocycles. The predicted molar refractivity (Wildman–Crippen MR) is 128 cm³/mol. The molecule has 0 aliphatic carbocycles. The lowest BCUT2D eigenvalue weighted by Gasteiger charge is -2.28. The molecule has 0 aromatic heterocycles. The van der Waals surface area contributed by atoms with Gasteiger partial charge in [-0.1, -0.05) is 44.5 Å². The van der Waals surface area contributed by atoms with E-state index >= 15 is 0 Å². The molecule has 2 aliphatic heterocycles. The number of rotatable bonds is 8. The Morgan fingerprint density at radius 3 is 2.23 bits per heavy atom. The van der Waals surface area contributed by atoms with Crippen LogP contribution in [0.3, 0.4) is 0 Å². The molecular weight excluding hydrogens is 450 g/mol. The van der Waals surface area contributed by atoms with Crippen LogP contribution in [0.2, 0.25) is 0 Å². The van der Waals surface area contributed by atoms with Crippen LogP contribution >= 0.6 is 0 Å². The van der Waals surface area contributed by atoms with E-state index in [2.05, 4.69) is 5.32 Å².